The lowest BCUT2D eigenvalue weighted by atomic mass is 9.68. The molecule has 2 aliphatic rings. The van der Waals surface area contributed by atoms with Crippen LogP contribution >= 0.6 is 22.9 Å². The summed E-state index contributed by atoms with van der Waals surface area (Å²) in [7, 11) is 0. The molecule has 0 amide bonds. The molecule has 0 radical (unpaired) electrons. The van der Waals surface area contributed by atoms with Crippen LogP contribution in [0.5, 0.6) is 0 Å². The van der Waals surface area contributed by atoms with Gasteiger partial charge in [0, 0.05) is 18.5 Å². The highest BCUT2D eigenvalue weighted by Crippen LogP contribution is 2.45. The molecule has 1 spiro atoms. The molecule has 1 aliphatic carbocycles. The van der Waals surface area contributed by atoms with Crippen molar-refractivity contribution in [2.45, 2.75) is 44.9 Å². The number of thiazole rings is 1. The minimum atomic E-state index is 0.642. The van der Waals surface area contributed by atoms with E-state index in [9.17, 15) is 0 Å². The monoisotopic (exact) mass is 270 g/mol. The van der Waals surface area contributed by atoms with Gasteiger partial charge in [0.1, 0.15) is 5.15 Å². The molecular weight excluding hydrogens is 252 g/mol. The minimum Gasteiger partial charge on any atom is -0.348 e. The third kappa shape index (κ3) is 2.45. The zero-order chi connectivity index (χ0) is 11.7. The number of rotatable bonds is 1. The number of hydrogen-bond donors (Lipinski definition) is 0. The Kier molecular flexibility index (Phi) is 3.31. The summed E-state index contributed by atoms with van der Waals surface area (Å²) in [6.07, 6.45) is 9.97. The highest BCUT2D eigenvalue weighted by atomic mass is 35.5. The zero-order valence-electron chi connectivity index (χ0n) is 10.1. The van der Waals surface area contributed by atoms with Crippen LogP contribution in [0.25, 0.3) is 0 Å². The van der Waals surface area contributed by atoms with Crippen LogP contribution in [0.1, 0.15) is 44.9 Å². The van der Waals surface area contributed by atoms with Gasteiger partial charge in [0.25, 0.3) is 0 Å². The molecule has 17 heavy (non-hydrogen) atoms. The summed E-state index contributed by atoms with van der Waals surface area (Å²) in [6.45, 7) is 2.34. The second-order valence-electron chi connectivity index (χ2n) is 5.50. The number of halogens is 1. The minimum absolute atomic E-state index is 0.642. The molecule has 0 N–H and O–H groups in total. The fraction of sp³-hybridized carbons (Fsp3) is 0.769. The van der Waals surface area contributed by atoms with Crippen molar-refractivity contribution in [3.05, 3.63) is 10.5 Å². The van der Waals surface area contributed by atoms with E-state index in [1.807, 2.05) is 5.38 Å². The molecule has 1 aliphatic heterocycles. The third-order valence-electron chi connectivity index (χ3n) is 4.47. The lowest BCUT2D eigenvalue weighted by molar-refractivity contribution is 0.144. The van der Waals surface area contributed by atoms with Crippen molar-refractivity contribution in [1.29, 1.82) is 0 Å². The Morgan fingerprint density at radius 3 is 2.41 bits per heavy atom. The maximum Gasteiger partial charge on any atom is 0.186 e. The van der Waals surface area contributed by atoms with Crippen molar-refractivity contribution in [2.75, 3.05) is 18.0 Å². The first-order valence-electron chi connectivity index (χ1n) is 6.63. The van der Waals surface area contributed by atoms with E-state index in [-0.39, 0.29) is 0 Å². The van der Waals surface area contributed by atoms with Crippen LogP contribution in [0, 0.1) is 5.41 Å². The molecule has 1 aromatic heterocycles. The van der Waals surface area contributed by atoms with Gasteiger partial charge in [-0.1, -0.05) is 30.9 Å². The number of anilines is 1. The van der Waals surface area contributed by atoms with E-state index in [4.69, 9.17) is 11.6 Å². The van der Waals surface area contributed by atoms with Crippen molar-refractivity contribution in [2.24, 2.45) is 5.41 Å². The summed E-state index contributed by atoms with van der Waals surface area (Å²) in [5.74, 6) is 0. The lowest BCUT2D eigenvalue weighted by Gasteiger charge is -2.44. The fourth-order valence-electron chi connectivity index (χ4n) is 3.36. The SMILES string of the molecule is Clc1csc(N2CCC3(CCCCC3)CC2)n1. The lowest BCUT2D eigenvalue weighted by Crippen LogP contribution is -2.41. The van der Waals surface area contributed by atoms with E-state index in [2.05, 4.69) is 9.88 Å². The maximum absolute atomic E-state index is 5.89. The first kappa shape index (κ1) is 11.8. The van der Waals surface area contributed by atoms with Crippen molar-refractivity contribution in [1.82, 2.24) is 4.98 Å². The van der Waals surface area contributed by atoms with Crippen molar-refractivity contribution in [3.63, 3.8) is 0 Å². The number of hydrogen-bond acceptors (Lipinski definition) is 3. The molecule has 4 heteroatoms. The quantitative estimate of drug-likeness (QED) is 0.754. The van der Waals surface area contributed by atoms with Gasteiger partial charge in [0.2, 0.25) is 0 Å². The normalized spacial score (nSPS) is 24.2. The molecule has 0 unspecified atom stereocenters. The van der Waals surface area contributed by atoms with E-state index in [1.54, 1.807) is 11.3 Å². The molecule has 0 atom stereocenters. The van der Waals surface area contributed by atoms with Crippen molar-refractivity contribution in [3.8, 4) is 0 Å². The van der Waals surface area contributed by atoms with E-state index in [0.29, 0.717) is 10.6 Å². The predicted molar refractivity (Wildman–Crippen MR) is 74.1 cm³/mol. The largest absolute Gasteiger partial charge is 0.348 e. The molecule has 1 saturated carbocycles. The molecule has 3 rings (SSSR count). The average Bonchev–Trinajstić information content (AvgIpc) is 2.78. The molecule has 1 saturated heterocycles. The van der Waals surface area contributed by atoms with Crippen LogP contribution in [0.2, 0.25) is 5.15 Å². The van der Waals surface area contributed by atoms with Gasteiger partial charge < -0.3 is 4.90 Å². The Bertz CT molecular complexity index is 375. The summed E-state index contributed by atoms with van der Waals surface area (Å²) in [4.78, 5) is 6.79. The van der Waals surface area contributed by atoms with Gasteiger partial charge in [-0.3, -0.25) is 0 Å². The molecule has 0 bridgehead atoms. The van der Waals surface area contributed by atoms with Crippen LogP contribution in [-0.4, -0.2) is 18.1 Å². The number of nitrogens with zero attached hydrogens (tertiary/aromatic N) is 2. The molecular formula is C13H19ClN2S. The number of aromatic nitrogens is 1. The Morgan fingerprint density at radius 1 is 1.12 bits per heavy atom. The van der Waals surface area contributed by atoms with Crippen LogP contribution in [0.15, 0.2) is 5.38 Å². The van der Waals surface area contributed by atoms with Gasteiger partial charge >= 0.3 is 0 Å². The number of piperidine rings is 1. The zero-order valence-corrected chi connectivity index (χ0v) is 11.7. The van der Waals surface area contributed by atoms with E-state index in [1.165, 1.54) is 58.0 Å². The average molecular weight is 271 g/mol. The van der Waals surface area contributed by atoms with Crippen molar-refractivity contribution >= 4 is 28.1 Å². The van der Waals surface area contributed by atoms with Gasteiger partial charge in [0.05, 0.1) is 0 Å². The Morgan fingerprint density at radius 2 is 1.82 bits per heavy atom. The summed E-state index contributed by atoms with van der Waals surface area (Å²) in [6, 6.07) is 0. The Labute approximate surface area is 112 Å². The van der Waals surface area contributed by atoms with E-state index >= 15 is 0 Å². The van der Waals surface area contributed by atoms with Gasteiger partial charge in [-0.05, 0) is 31.1 Å². The molecule has 2 heterocycles. The Hall–Kier alpha value is -0.280. The smallest absolute Gasteiger partial charge is 0.186 e. The van der Waals surface area contributed by atoms with Crippen molar-refractivity contribution < 1.29 is 0 Å². The van der Waals surface area contributed by atoms with Crippen LogP contribution < -0.4 is 4.90 Å². The molecule has 2 fully saturated rings. The molecule has 94 valence electrons. The molecule has 2 nitrogen and oxygen atoms in total. The van der Waals surface area contributed by atoms with Gasteiger partial charge in [-0.2, -0.15) is 0 Å². The van der Waals surface area contributed by atoms with Gasteiger partial charge in [-0.15, -0.1) is 11.3 Å². The van der Waals surface area contributed by atoms with Gasteiger partial charge in [0.15, 0.2) is 5.13 Å². The van der Waals surface area contributed by atoms with Crippen LogP contribution in [-0.2, 0) is 0 Å². The second-order valence-corrected chi connectivity index (χ2v) is 6.72. The topological polar surface area (TPSA) is 16.1 Å². The van der Waals surface area contributed by atoms with Crippen LogP contribution in [0.4, 0.5) is 5.13 Å². The predicted octanol–water partition coefficient (Wildman–Crippen LogP) is 4.35. The third-order valence-corrected chi connectivity index (χ3v) is 5.70. The standard InChI is InChI=1S/C13H19ClN2S/c14-11-10-17-12(15-11)16-8-6-13(7-9-16)4-2-1-3-5-13/h10H,1-9H2. The highest BCUT2D eigenvalue weighted by molar-refractivity contribution is 7.14. The maximum atomic E-state index is 5.89. The van der Waals surface area contributed by atoms with E-state index < -0.39 is 0 Å². The molecule has 1 aromatic rings. The van der Waals surface area contributed by atoms with Gasteiger partial charge in [-0.25, -0.2) is 4.98 Å². The first-order valence-corrected chi connectivity index (χ1v) is 7.89. The summed E-state index contributed by atoms with van der Waals surface area (Å²) < 4.78 is 0. The van der Waals surface area contributed by atoms with Crippen LogP contribution in [0.3, 0.4) is 0 Å². The summed E-state index contributed by atoms with van der Waals surface area (Å²) in [5.41, 5.74) is 0.676. The molecule has 0 aromatic carbocycles. The summed E-state index contributed by atoms with van der Waals surface area (Å²) in [5, 5.41) is 3.69. The highest BCUT2D eigenvalue weighted by Gasteiger charge is 2.35. The Balaban J connectivity index is 1.63. The second kappa shape index (κ2) is 4.77. The van der Waals surface area contributed by atoms with E-state index in [0.717, 1.165) is 5.13 Å². The first-order chi connectivity index (χ1) is 8.27. The fourth-order valence-corrected chi connectivity index (χ4v) is 4.37. The summed E-state index contributed by atoms with van der Waals surface area (Å²) >= 11 is 7.57.